The maximum absolute atomic E-state index is 8.32. The molecule has 0 aliphatic carbocycles. The van der Waals surface area contributed by atoms with Crippen molar-refractivity contribution in [1.82, 2.24) is 4.98 Å². The van der Waals surface area contributed by atoms with E-state index in [2.05, 4.69) is 10.1 Å². The van der Waals surface area contributed by atoms with Crippen LogP contribution in [0.2, 0.25) is 0 Å². The standard InChI is InChI=1S/C9H10N2O2/c12-11-5-8-4-7-2-1-3-13-9(7)6-10-8/h4-6,12H,1-3H2/b11-5+. The van der Waals surface area contributed by atoms with E-state index < -0.39 is 0 Å². The third kappa shape index (κ3) is 1.61. The van der Waals surface area contributed by atoms with Gasteiger partial charge in [-0.05, 0) is 24.5 Å². The molecule has 0 fully saturated rings. The number of pyridine rings is 1. The Labute approximate surface area is 75.9 Å². The predicted molar refractivity (Wildman–Crippen MR) is 47.4 cm³/mol. The van der Waals surface area contributed by atoms with Crippen LogP contribution in [-0.4, -0.2) is 23.0 Å². The number of aromatic nitrogens is 1. The van der Waals surface area contributed by atoms with E-state index in [4.69, 9.17) is 9.94 Å². The van der Waals surface area contributed by atoms with Crippen molar-refractivity contribution < 1.29 is 9.94 Å². The Bertz CT molecular complexity index is 336. The zero-order valence-electron chi connectivity index (χ0n) is 7.10. The van der Waals surface area contributed by atoms with E-state index in [1.54, 1.807) is 6.20 Å². The van der Waals surface area contributed by atoms with Crippen LogP contribution in [0.25, 0.3) is 0 Å². The number of hydrogen-bond acceptors (Lipinski definition) is 4. The van der Waals surface area contributed by atoms with Crippen molar-refractivity contribution >= 4 is 6.21 Å². The molecule has 0 bridgehead atoms. The molecule has 0 aromatic carbocycles. The van der Waals surface area contributed by atoms with E-state index in [0.717, 1.165) is 30.8 Å². The van der Waals surface area contributed by atoms with Crippen LogP contribution in [0.1, 0.15) is 17.7 Å². The summed E-state index contributed by atoms with van der Waals surface area (Å²) in [5, 5.41) is 11.2. The van der Waals surface area contributed by atoms with Gasteiger partial charge in [-0.25, -0.2) is 0 Å². The van der Waals surface area contributed by atoms with E-state index in [-0.39, 0.29) is 0 Å². The molecule has 0 atom stereocenters. The van der Waals surface area contributed by atoms with Crippen LogP contribution < -0.4 is 4.74 Å². The van der Waals surface area contributed by atoms with Crippen LogP contribution in [0, 0.1) is 0 Å². The summed E-state index contributed by atoms with van der Waals surface area (Å²) in [5.74, 6) is 0.848. The lowest BCUT2D eigenvalue weighted by Crippen LogP contribution is -2.09. The third-order valence-corrected chi connectivity index (χ3v) is 2.01. The fourth-order valence-corrected chi connectivity index (χ4v) is 1.40. The first-order valence-electron chi connectivity index (χ1n) is 4.19. The number of oxime groups is 1. The first-order valence-corrected chi connectivity index (χ1v) is 4.19. The largest absolute Gasteiger partial charge is 0.492 e. The summed E-state index contributed by atoms with van der Waals surface area (Å²) in [5.41, 5.74) is 1.79. The summed E-state index contributed by atoms with van der Waals surface area (Å²) in [4.78, 5) is 4.05. The summed E-state index contributed by atoms with van der Waals surface area (Å²) >= 11 is 0. The van der Waals surface area contributed by atoms with Crippen molar-refractivity contribution in [3.63, 3.8) is 0 Å². The van der Waals surface area contributed by atoms with E-state index in [0.29, 0.717) is 5.69 Å². The second-order valence-corrected chi connectivity index (χ2v) is 2.91. The molecule has 1 aliphatic heterocycles. The van der Waals surface area contributed by atoms with Gasteiger partial charge in [-0.15, -0.1) is 0 Å². The van der Waals surface area contributed by atoms with Crippen molar-refractivity contribution in [3.05, 3.63) is 23.5 Å². The predicted octanol–water partition coefficient (Wildman–Crippen LogP) is 1.21. The number of nitrogens with zero attached hydrogens (tertiary/aromatic N) is 2. The topological polar surface area (TPSA) is 54.7 Å². The lowest BCUT2D eigenvalue weighted by Gasteiger charge is -2.16. The maximum Gasteiger partial charge on any atom is 0.140 e. The molecule has 0 unspecified atom stereocenters. The minimum atomic E-state index is 0.659. The molecule has 4 heteroatoms. The van der Waals surface area contributed by atoms with Crippen LogP contribution in [0.4, 0.5) is 0 Å². The van der Waals surface area contributed by atoms with Gasteiger partial charge in [0, 0.05) is 0 Å². The van der Waals surface area contributed by atoms with Crippen molar-refractivity contribution in [2.75, 3.05) is 6.61 Å². The molecule has 1 aromatic heterocycles. The van der Waals surface area contributed by atoms with Crippen molar-refractivity contribution in [1.29, 1.82) is 0 Å². The van der Waals surface area contributed by atoms with Crippen LogP contribution in [0.5, 0.6) is 5.75 Å². The zero-order chi connectivity index (χ0) is 9.10. The van der Waals surface area contributed by atoms with E-state index in [1.807, 2.05) is 6.07 Å². The Morgan fingerprint density at radius 3 is 3.38 bits per heavy atom. The quantitative estimate of drug-likeness (QED) is 0.399. The highest BCUT2D eigenvalue weighted by Crippen LogP contribution is 2.23. The zero-order valence-corrected chi connectivity index (χ0v) is 7.10. The number of aryl methyl sites for hydroxylation is 1. The lowest BCUT2D eigenvalue weighted by atomic mass is 10.1. The molecule has 1 aliphatic rings. The molecule has 1 aromatic rings. The highest BCUT2D eigenvalue weighted by Gasteiger charge is 2.10. The molecule has 0 spiro atoms. The molecular formula is C9H10N2O2. The van der Waals surface area contributed by atoms with Gasteiger partial charge < -0.3 is 9.94 Å². The number of rotatable bonds is 1. The molecular weight excluding hydrogens is 168 g/mol. The molecule has 1 N–H and O–H groups in total. The highest BCUT2D eigenvalue weighted by atomic mass is 16.5. The van der Waals surface area contributed by atoms with Crippen LogP contribution in [-0.2, 0) is 6.42 Å². The highest BCUT2D eigenvalue weighted by molar-refractivity contribution is 5.76. The summed E-state index contributed by atoms with van der Waals surface area (Å²) in [6.07, 6.45) is 5.03. The number of hydrogen-bond donors (Lipinski definition) is 1. The summed E-state index contributed by atoms with van der Waals surface area (Å²) in [6.45, 7) is 0.766. The Morgan fingerprint density at radius 2 is 2.54 bits per heavy atom. The first kappa shape index (κ1) is 8.04. The first-order chi connectivity index (χ1) is 6.40. The van der Waals surface area contributed by atoms with Crippen molar-refractivity contribution in [3.8, 4) is 5.75 Å². The van der Waals surface area contributed by atoms with Gasteiger partial charge in [0.25, 0.3) is 0 Å². The van der Waals surface area contributed by atoms with Crippen molar-refractivity contribution in [2.24, 2.45) is 5.16 Å². The SMILES string of the molecule is O/N=C/c1cc2c(cn1)OCCC2. The molecule has 0 radical (unpaired) electrons. The molecule has 2 rings (SSSR count). The van der Waals surface area contributed by atoms with Gasteiger partial charge in [0.15, 0.2) is 0 Å². The normalized spacial score (nSPS) is 15.4. The molecule has 13 heavy (non-hydrogen) atoms. The molecule has 4 nitrogen and oxygen atoms in total. The molecule has 0 saturated carbocycles. The Morgan fingerprint density at radius 1 is 1.62 bits per heavy atom. The molecule has 68 valence electrons. The number of ether oxygens (including phenoxy) is 1. The van der Waals surface area contributed by atoms with Gasteiger partial charge >= 0.3 is 0 Å². The lowest BCUT2D eigenvalue weighted by molar-refractivity contribution is 0.287. The summed E-state index contributed by atoms with van der Waals surface area (Å²) < 4.78 is 5.39. The Balaban J connectivity index is 2.35. The fraction of sp³-hybridized carbons (Fsp3) is 0.333. The number of fused-ring (bicyclic) bond motifs is 1. The minimum absolute atomic E-state index is 0.659. The van der Waals surface area contributed by atoms with Crippen molar-refractivity contribution in [2.45, 2.75) is 12.8 Å². The van der Waals surface area contributed by atoms with Crippen LogP contribution in [0.15, 0.2) is 17.4 Å². The van der Waals surface area contributed by atoms with Gasteiger partial charge in [0.1, 0.15) is 5.75 Å². The average molecular weight is 178 g/mol. The average Bonchev–Trinajstić information content (AvgIpc) is 2.18. The maximum atomic E-state index is 8.32. The smallest absolute Gasteiger partial charge is 0.140 e. The van der Waals surface area contributed by atoms with Gasteiger partial charge in [-0.3, -0.25) is 4.98 Å². The Kier molecular flexibility index (Phi) is 2.12. The van der Waals surface area contributed by atoms with Gasteiger partial charge in [0.05, 0.1) is 24.7 Å². The molecule has 2 heterocycles. The minimum Gasteiger partial charge on any atom is -0.492 e. The Hall–Kier alpha value is -1.58. The second kappa shape index (κ2) is 3.43. The monoisotopic (exact) mass is 178 g/mol. The van der Waals surface area contributed by atoms with Gasteiger partial charge in [0.2, 0.25) is 0 Å². The summed E-state index contributed by atoms with van der Waals surface area (Å²) in [7, 11) is 0. The van der Waals surface area contributed by atoms with E-state index in [9.17, 15) is 0 Å². The fourth-order valence-electron chi connectivity index (χ4n) is 1.40. The molecule has 0 saturated heterocycles. The second-order valence-electron chi connectivity index (χ2n) is 2.91. The third-order valence-electron chi connectivity index (χ3n) is 2.01. The van der Waals surface area contributed by atoms with Crippen LogP contribution >= 0.6 is 0 Å². The van der Waals surface area contributed by atoms with Crippen LogP contribution in [0.3, 0.4) is 0 Å². The van der Waals surface area contributed by atoms with Gasteiger partial charge in [-0.2, -0.15) is 0 Å². The summed E-state index contributed by atoms with van der Waals surface area (Å²) in [6, 6.07) is 1.88. The van der Waals surface area contributed by atoms with Gasteiger partial charge in [-0.1, -0.05) is 5.16 Å². The van der Waals surface area contributed by atoms with E-state index >= 15 is 0 Å². The molecule has 0 amide bonds. The van der Waals surface area contributed by atoms with E-state index in [1.165, 1.54) is 6.21 Å².